The average Bonchev–Trinajstić information content (AvgIpc) is 2.39. The number of carbonyl (C=O) groups is 1. The Kier molecular flexibility index (Phi) is 4.60. The number of benzene rings is 1. The summed E-state index contributed by atoms with van der Waals surface area (Å²) in [4.78, 5) is 13.7. The summed E-state index contributed by atoms with van der Waals surface area (Å²) in [7, 11) is 0. The lowest BCUT2D eigenvalue weighted by Crippen LogP contribution is -2.36. The highest BCUT2D eigenvalue weighted by molar-refractivity contribution is 7.80. The fourth-order valence-corrected chi connectivity index (χ4v) is 3.09. The second-order valence-electron chi connectivity index (χ2n) is 5.44. The van der Waals surface area contributed by atoms with E-state index in [1.54, 1.807) is 0 Å². The van der Waals surface area contributed by atoms with Crippen molar-refractivity contribution in [2.24, 2.45) is 17.4 Å². The first kappa shape index (κ1) is 14.8. The third-order valence-corrected chi connectivity index (χ3v) is 4.14. The molecule has 2 rings (SSSR count). The normalized spacial score (nSPS) is 16.1. The number of para-hydroxylation sites is 1. The summed E-state index contributed by atoms with van der Waals surface area (Å²) in [5.74, 6) is 0.198. The Morgan fingerprint density at radius 2 is 2.00 bits per heavy atom. The third kappa shape index (κ3) is 3.28. The summed E-state index contributed by atoms with van der Waals surface area (Å²) in [6.07, 6.45) is 2.45. The molecule has 0 spiro atoms. The molecule has 0 bridgehead atoms. The van der Waals surface area contributed by atoms with Crippen molar-refractivity contribution in [2.45, 2.75) is 26.2 Å². The maximum absolute atomic E-state index is 11.0. The summed E-state index contributed by atoms with van der Waals surface area (Å²) < 4.78 is 0. The van der Waals surface area contributed by atoms with Gasteiger partial charge in [0.05, 0.1) is 0 Å². The minimum absolute atomic E-state index is 0.205. The van der Waals surface area contributed by atoms with Gasteiger partial charge in [0, 0.05) is 30.8 Å². The zero-order chi connectivity index (χ0) is 14.7. The van der Waals surface area contributed by atoms with Gasteiger partial charge in [-0.1, -0.05) is 24.4 Å². The van der Waals surface area contributed by atoms with Crippen LogP contribution in [0.2, 0.25) is 0 Å². The number of nitrogens with zero attached hydrogens (tertiary/aromatic N) is 1. The molecule has 0 aliphatic carbocycles. The standard InChI is InChI=1S/C15H21N3OS/c1-10-3-2-4-12(15(17)20)14(10)18-7-5-11(6-8-18)9-13(16)19/h2-4,11H,5-9H2,1H3,(H2,16,19)(H2,17,20). The van der Waals surface area contributed by atoms with E-state index < -0.39 is 0 Å². The maximum atomic E-state index is 11.0. The molecule has 4 N–H and O–H groups in total. The van der Waals surface area contributed by atoms with Crippen LogP contribution in [0.1, 0.15) is 30.4 Å². The number of anilines is 1. The van der Waals surface area contributed by atoms with Crippen LogP contribution in [0.5, 0.6) is 0 Å². The first-order chi connectivity index (χ1) is 9.49. The number of hydrogen-bond acceptors (Lipinski definition) is 3. The van der Waals surface area contributed by atoms with E-state index in [4.69, 9.17) is 23.7 Å². The van der Waals surface area contributed by atoms with Gasteiger partial charge in [-0.2, -0.15) is 0 Å². The highest BCUT2D eigenvalue weighted by atomic mass is 32.1. The van der Waals surface area contributed by atoms with Crippen molar-refractivity contribution in [3.8, 4) is 0 Å². The number of amides is 1. The molecule has 4 nitrogen and oxygen atoms in total. The Morgan fingerprint density at radius 1 is 1.35 bits per heavy atom. The van der Waals surface area contributed by atoms with Gasteiger partial charge in [-0.15, -0.1) is 0 Å². The van der Waals surface area contributed by atoms with Gasteiger partial charge < -0.3 is 16.4 Å². The number of hydrogen-bond donors (Lipinski definition) is 2. The van der Waals surface area contributed by atoms with E-state index in [9.17, 15) is 4.79 Å². The Hall–Kier alpha value is -1.62. The molecule has 20 heavy (non-hydrogen) atoms. The van der Waals surface area contributed by atoms with E-state index in [0.717, 1.165) is 37.2 Å². The van der Waals surface area contributed by atoms with Crippen molar-refractivity contribution in [1.29, 1.82) is 0 Å². The number of thiocarbonyl (C=S) groups is 1. The second-order valence-corrected chi connectivity index (χ2v) is 5.88. The van der Waals surface area contributed by atoms with Gasteiger partial charge in [0.2, 0.25) is 5.91 Å². The smallest absolute Gasteiger partial charge is 0.217 e. The molecule has 0 aromatic heterocycles. The number of rotatable bonds is 4. The fraction of sp³-hybridized carbons (Fsp3) is 0.467. The second kappa shape index (κ2) is 6.22. The molecule has 0 unspecified atom stereocenters. The maximum Gasteiger partial charge on any atom is 0.217 e. The third-order valence-electron chi connectivity index (χ3n) is 3.92. The van der Waals surface area contributed by atoms with E-state index in [1.807, 2.05) is 12.1 Å². The highest BCUT2D eigenvalue weighted by Gasteiger charge is 2.23. The number of primary amides is 1. The van der Waals surface area contributed by atoms with Gasteiger partial charge >= 0.3 is 0 Å². The molecule has 1 heterocycles. The predicted molar refractivity (Wildman–Crippen MR) is 85.8 cm³/mol. The number of nitrogens with two attached hydrogens (primary N) is 2. The monoisotopic (exact) mass is 291 g/mol. The van der Waals surface area contributed by atoms with E-state index in [-0.39, 0.29) is 5.91 Å². The summed E-state index contributed by atoms with van der Waals surface area (Å²) in [6.45, 7) is 3.91. The summed E-state index contributed by atoms with van der Waals surface area (Å²) in [5.41, 5.74) is 14.4. The summed E-state index contributed by atoms with van der Waals surface area (Å²) in [6, 6.07) is 6.03. The SMILES string of the molecule is Cc1cccc(C(N)=S)c1N1CCC(CC(N)=O)CC1. The molecule has 5 heteroatoms. The first-order valence-corrected chi connectivity index (χ1v) is 7.32. The Balaban J connectivity index is 2.14. The molecular weight excluding hydrogens is 270 g/mol. The topological polar surface area (TPSA) is 72.3 Å². The van der Waals surface area contributed by atoms with Gasteiger partial charge in [-0.25, -0.2) is 0 Å². The van der Waals surface area contributed by atoms with Gasteiger partial charge in [0.15, 0.2) is 0 Å². The zero-order valence-electron chi connectivity index (χ0n) is 11.8. The lowest BCUT2D eigenvalue weighted by molar-refractivity contribution is -0.119. The molecule has 1 aliphatic heterocycles. The quantitative estimate of drug-likeness (QED) is 0.829. The Morgan fingerprint density at radius 3 is 2.55 bits per heavy atom. The molecule has 0 saturated carbocycles. The molecule has 0 radical (unpaired) electrons. The van der Waals surface area contributed by atoms with Crippen LogP contribution in [0.15, 0.2) is 18.2 Å². The zero-order valence-corrected chi connectivity index (χ0v) is 12.6. The Bertz CT molecular complexity index is 522. The number of carbonyl (C=O) groups excluding carboxylic acids is 1. The predicted octanol–water partition coefficient (Wildman–Crippen LogP) is 1.72. The minimum Gasteiger partial charge on any atom is -0.389 e. The van der Waals surface area contributed by atoms with Crippen LogP contribution in [-0.2, 0) is 4.79 Å². The van der Waals surface area contributed by atoms with Crippen LogP contribution in [0, 0.1) is 12.8 Å². The van der Waals surface area contributed by atoms with Gasteiger partial charge in [0.1, 0.15) is 4.99 Å². The van der Waals surface area contributed by atoms with Gasteiger partial charge in [-0.3, -0.25) is 4.79 Å². The van der Waals surface area contributed by atoms with Crippen LogP contribution >= 0.6 is 12.2 Å². The molecule has 1 saturated heterocycles. The van der Waals surface area contributed by atoms with Crippen molar-refractivity contribution in [1.82, 2.24) is 0 Å². The van der Waals surface area contributed by atoms with Crippen LogP contribution < -0.4 is 16.4 Å². The van der Waals surface area contributed by atoms with E-state index >= 15 is 0 Å². The highest BCUT2D eigenvalue weighted by Crippen LogP contribution is 2.30. The average molecular weight is 291 g/mol. The van der Waals surface area contributed by atoms with Gasteiger partial charge in [0.25, 0.3) is 0 Å². The fourth-order valence-electron chi connectivity index (χ4n) is 2.92. The van der Waals surface area contributed by atoms with Crippen molar-refractivity contribution in [3.05, 3.63) is 29.3 Å². The molecule has 1 aromatic rings. The minimum atomic E-state index is -0.205. The van der Waals surface area contributed by atoms with Gasteiger partial charge in [-0.05, 0) is 37.3 Å². The van der Waals surface area contributed by atoms with Crippen molar-refractivity contribution in [2.75, 3.05) is 18.0 Å². The molecule has 108 valence electrons. The summed E-state index contributed by atoms with van der Waals surface area (Å²) >= 11 is 5.15. The van der Waals surface area contributed by atoms with E-state index in [2.05, 4.69) is 17.9 Å². The van der Waals surface area contributed by atoms with E-state index in [1.165, 1.54) is 5.56 Å². The Labute approximate surface area is 125 Å². The largest absolute Gasteiger partial charge is 0.389 e. The molecule has 1 aromatic carbocycles. The van der Waals surface area contributed by atoms with Crippen molar-refractivity contribution < 1.29 is 4.79 Å². The molecule has 1 amide bonds. The molecule has 1 fully saturated rings. The summed E-state index contributed by atoms with van der Waals surface area (Å²) in [5, 5.41) is 0. The lowest BCUT2D eigenvalue weighted by Gasteiger charge is -2.35. The van der Waals surface area contributed by atoms with Crippen LogP contribution in [-0.4, -0.2) is 24.0 Å². The van der Waals surface area contributed by atoms with Crippen LogP contribution in [0.3, 0.4) is 0 Å². The van der Waals surface area contributed by atoms with Crippen molar-refractivity contribution >= 4 is 28.8 Å². The number of aryl methyl sites for hydroxylation is 1. The van der Waals surface area contributed by atoms with Crippen LogP contribution in [0.4, 0.5) is 5.69 Å². The molecular formula is C15H21N3OS. The first-order valence-electron chi connectivity index (χ1n) is 6.91. The molecule has 1 aliphatic rings. The molecule has 0 atom stereocenters. The van der Waals surface area contributed by atoms with E-state index in [0.29, 0.717) is 17.3 Å². The van der Waals surface area contributed by atoms with Crippen LogP contribution in [0.25, 0.3) is 0 Å². The number of piperidine rings is 1. The lowest BCUT2D eigenvalue weighted by atomic mass is 9.92. The van der Waals surface area contributed by atoms with Crippen molar-refractivity contribution in [3.63, 3.8) is 0 Å².